The summed E-state index contributed by atoms with van der Waals surface area (Å²) in [4.78, 5) is 17.2. The maximum absolute atomic E-state index is 11.6. The van der Waals surface area contributed by atoms with Gasteiger partial charge >= 0.3 is 0 Å². The standard InChI is InChI=1S/C11H18N4O3S/c1-15(2)11(16)9-4-5-10(13-8-9)12-6-7-14-19(3,17)18/h4-5,8,14H,6-7H2,1-3H3,(H,12,13). The van der Waals surface area contributed by atoms with Gasteiger partial charge in [-0.1, -0.05) is 0 Å². The van der Waals surface area contributed by atoms with Crippen molar-refractivity contribution < 1.29 is 13.2 Å². The van der Waals surface area contributed by atoms with Gasteiger partial charge in [-0.15, -0.1) is 0 Å². The Morgan fingerprint density at radius 1 is 1.32 bits per heavy atom. The minimum atomic E-state index is -3.17. The van der Waals surface area contributed by atoms with Crippen molar-refractivity contribution in [2.75, 3.05) is 38.8 Å². The molecule has 1 aromatic rings. The maximum Gasteiger partial charge on any atom is 0.254 e. The van der Waals surface area contributed by atoms with Crippen LogP contribution in [0, 0.1) is 0 Å². The van der Waals surface area contributed by atoms with Gasteiger partial charge in [0.1, 0.15) is 5.82 Å². The molecule has 8 heteroatoms. The first-order valence-corrected chi connectivity index (χ1v) is 7.55. The van der Waals surface area contributed by atoms with E-state index in [-0.39, 0.29) is 12.5 Å². The number of carbonyl (C=O) groups excluding carboxylic acids is 1. The number of pyridine rings is 1. The van der Waals surface area contributed by atoms with Crippen LogP contribution in [0.5, 0.6) is 0 Å². The van der Waals surface area contributed by atoms with E-state index < -0.39 is 10.0 Å². The lowest BCUT2D eigenvalue weighted by Crippen LogP contribution is -2.27. The zero-order chi connectivity index (χ0) is 14.5. The summed E-state index contributed by atoms with van der Waals surface area (Å²) in [5.74, 6) is 0.475. The minimum Gasteiger partial charge on any atom is -0.369 e. The van der Waals surface area contributed by atoms with E-state index in [1.807, 2.05) is 0 Å². The first kappa shape index (κ1) is 15.4. The lowest BCUT2D eigenvalue weighted by molar-refractivity contribution is 0.0827. The summed E-state index contributed by atoms with van der Waals surface area (Å²) in [5, 5.41) is 2.95. The number of hydrogen-bond acceptors (Lipinski definition) is 5. The molecule has 0 atom stereocenters. The fraction of sp³-hybridized carbons (Fsp3) is 0.455. The van der Waals surface area contributed by atoms with E-state index >= 15 is 0 Å². The highest BCUT2D eigenvalue weighted by Crippen LogP contribution is 2.06. The Morgan fingerprint density at radius 3 is 2.47 bits per heavy atom. The number of anilines is 1. The molecule has 0 fully saturated rings. The van der Waals surface area contributed by atoms with Crippen LogP contribution in [0.3, 0.4) is 0 Å². The van der Waals surface area contributed by atoms with E-state index in [1.165, 1.54) is 11.1 Å². The monoisotopic (exact) mass is 286 g/mol. The van der Waals surface area contributed by atoms with Gasteiger partial charge in [0.05, 0.1) is 11.8 Å². The highest BCUT2D eigenvalue weighted by Gasteiger charge is 2.07. The predicted octanol–water partition coefficient (Wildman–Crippen LogP) is -0.255. The number of hydrogen-bond donors (Lipinski definition) is 2. The predicted molar refractivity (Wildman–Crippen MR) is 73.6 cm³/mol. The number of rotatable bonds is 6. The molecule has 1 aromatic heterocycles. The molecular weight excluding hydrogens is 268 g/mol. The van der Waals surface area contributed by atoms with Crippen LogP contribution in [0.2, 0.25) is 0 Å². The second kappa shape index (κ2) is 6.48. The van der Waals surface area contributed by atoms with E-state index in [9.17, 15) is 13.2 Å². The SMILES string of the molecule is CN(C)C(=O)c1ccc(NCCNS(C)(=O)=O)nc1. The van der Waals surface area contributed by atoms with Crippen molar-refractivity contribution in [2.24, 2.45) is 0 Å². The van der Waals surface area contributed by atoms with Crippen LogP contribution in [-0.4, -0.2) is 57.6 Å². The van der Waals surface area contributed by atoms with E-state index in [0.717, 1.165) is 6.26 Å². The summed E-state index contributed by atoms with van der Waals surface area (Å²) in [6.07, 6.45) is 2.58. The summed E-state index contributed by atoms with van der Waals surface area (Å²) in [6, 6.07) is 3.35. The summed E-state index contributed by atoms with van der Waals surface area (Å²) in [5.41, 5.74) is 0.504. The smallest absolute Gasteiger partial charge is 0.254 e. The zero-order valence-corrected chi connectivity index (χ0v) is 12.0. The van der Waals surface area contributed by atoms with Crippen LogP contribution in [0.25, 0.3) is 0 Å². The van der Waals surface area contributed by atoms with Crippen LogP contribution in [0.1, 0.15) is 10.4 Å². The fourth-order valence-electron chi connectivity index (χ4n) is 1.31. The van der Waals surface area contributed by atoms with Crippen LogP contribution in [0.4, 0.5) is 5.82 Å². The fourth-order valence-corrected chi connectivity index (χ4v) is 1.78. The van der Waals surface area contributed by atoms with Gasteiger partial charge in [-0.25, -0.2) is 18.1 Å². The van der Waals surface area contributed by atoms with Gasteiger partial charge in [0.25, 0.3) is 5.91 Å². The highest BCUT2D eigenvalue weighted by molar-refractivity contribution is 7.88. The molecule has 0 aliphatic carbocycles. The van der Waals surface area contributed by atoms with Crippen molar-refractivity contribution in [2.45, 2.75) is 0 Å². The van der Waals surface area contributed by atoms with Gasteiger partial charge in [0.15, 0.2) is 0 Å². The molecule has 19 heavy (non-hydrogen) atoms. The van der Waals surface area contributed by atoms with Crippen LogP contribution < -0.4 is 10.0 Å². The lowest BCUT2D eigenvalue weighted by atomic mass is 10.2. The zero-order valence-electron chi connectivity index (χ0n) is 11.2. The molecule has 0 bridgehead atoms. The Labute approximate surface area is 113 Å². The lowest BCUT2D eigenvalue weighted by Gasteiger charge is -2.10. The number of amides is 1. The first-order valence-electron chi connectivity index (χ1n) is 5.66. The van der Waals surface area contributed by atoms with Gasteiger partial charge in [-0.3, -0.25) is 4.79 Å². The second-order valence-corrected chi connectivity index (χ2v) is 6.06. The van der Waals surface area contributed by atoms with E-state index in [2.05, 4.69) is 15.0 Å². The van der Waals surface area contributed by atoms with E-state index in [0.29, 0.717) is 17.9 Å². The molecule has 0 unspecified atom stereocenters. The molecule has 1 heterocycles. The first-order chi connectivity index (χ1) is 8.79. The summed E-state index contributed by atoms with van der Waals surface area (Å²) >= 11 is 0. The quantitative estimate of drug-likeness (QED) is 0.703. The summed E-state index contributed by atoms with van der Waals surface area (Å²) < 4.78 is 24.0. The largest absolute Gasteiger partial charge is 0.369 e. The Kier molecular flexibility index (Phi) is 5.25. The average molecular weight is 286 g/mol. The van der Waals surface area contributed by atoms with Crippen molar-refractivity contribution in [3.8, 4) is 0 Å². The highest BCUT2D eigenvalue weighted by atomic mass is 32.2. The Morgan fingerprint density at radius 2 is 2.00 bits per heavy atom. The van der Waals surface area contributed by atoms with Crippen molar-refractivity contribution in [1.82, 2.24) is 14.6 Å². The Balaban J connectivity index is 2.47. The van der Waals surface area contributed by atoms with E-state index in [4.69, 9.17) is 0 Å². The molecular formula is C11H18N4O3S. The topological polar surface area (TPSA) is 91.4 Å². The molecule has 106 valence electrons. The van der Waals surface area contributed by atoms with Crippen molar-refractivity contribution in [1.29, 1.82) is 0 Å². The van der Waals surface area contributed by atoms with Crippen molar-refractivity contribution >= 4 is 21.7 Å². The molecule has 0 saturated carbocycles. The Hall–Kier alpha value is -1.67. The molecule has 7 nitrogen and oxygen atoms in total. The van der Waals surface area contributed by atoms with Gasteiger partial charge in [-0.05, 0) is 12.1 Å². The molecule has 1 rings (SSSR count). The Bertz CT molecular complexity index is 525. The summed E-state index contributed by atoms with van der Waals surface area (Å²) in [6.45, 7) is 0.694. The number of aromatic nitrogens is 1. The molecule has 0 aliphatic heterocycles. The molecule has 0 saturated heterocycles. The molecule has 2 N–H and O–H groups in total. The van der Waals surface area contributed by atoms with Crippen LogP contribution >= 0.6 is 0 Å². The minimum absolute atomic E-state index is 0.113. The van der Waals surface area contributed by atoms with Gasteiger partial charge < -0.3 is 10.2 Å². The summed E-state index contributed by atoms with van der Waals surface area (Å²) in [7, 11) is 0.177. The third kappa shape index (κ3) is 5.66. The average Bonchev–Trinajstić information content (AvgIpc) is 2.33. The van der Waals surface area contributed by atoms with Gasteiger partial charge in [-0.2, -0.15) is 0 Å². The second-order valence-electron chi connectivity index (χ2n) is 4.22. The van der Waals surface area contributed by atoms with Crippen molar-refractivity contribution in [3.63, 3.8) is 0 Å². The number of nitrogens with zero attached hydrogens (tertiary/aromatic N) is 2. The molecule has 1 amide bonds. The third-order valence-corrected chi connectivity index (χ3v) is 2.94. The maximum atomic E-state index is 11.6. The third-order valence-electron chi connectivity index (χ3n) is 2.21. The number of carbonyl (C=O) groups is 1. The number of sulfonamides is 1. The van der Waals surface area contributed by atoms with E-state index in [1.54, 1.807) is 26.2 Å². The van der Waals surface area contributed by atoms with Gasteiger partial charge in [0.2, 0.25) is 10.0 Å². The van der Waals surface area contributed by atoms with Gasteiger partial charge in [0, 0.05) is 33.4 Å². The normalized spacial score (nSPS) is 11.1. The molecule has 0 spiro atoms. The van der Waals surface area contributed by atoms with Crippen LogP contribution in [-0.2, 0) is 10.0 Å². The molecule has 0 aliphatic rings. The van der Waals surface area contributed by atoms with Crippen LogP contribution in [0.15, 0.2) is 18.3 Å². The number of nitrogens with one attached hydrogen (secondary N) is 2. The molecule has 0 radical (unpaired) electrons. The molecule has 0 aromatic carbocycles. The van der Waals surface area contributed by atoms with Crippen molar-refractivity contribution in [3.05, 3.63) is 23.9 Å².